The lowest BCUT2D eigenvalue weighted by Gasteiger charge is -2.13. The van der Waals surface area contributed by atoms with Crippen molar-refractivity contribution in [3.8, 4) is 11.5 Å². The van der Waals surface area contributed by atoms with Crippen molar-refractivity contribution in [2.75, 3.05) is 11.9 Å². The molecule has 24 heavy (non-hydrogen) atoms. The number of alkyl halides is 1. The molecular weight excluding hydrogens is 377 g/mol. The summed E-state index contributed by atoms with van der Waals surface area (Å²) in [4.78, 5) is 11.3. The second kappa shape index (κ2) is 9.02. The zero-order chi connectivity index (χ0) is 17.4. The molecule has 0 aliphatic rings. The standard InChI is InChI=1S/C17H17BrFN3O2/c18-10-1-11-22(17(20)23)21-12-13-2-6-15(7-3-13)24-16-8-4-14(19)5-9-16/h2-9,12H,1,10-11H2,(H2,20,23). The highest BCUT2D eigenvalue weighted by Gasteiger charge is 2.06. The Hall–Kier alpha value is -2.41. The van der Waals surface area contributed by atoms with Crippen LogP contribution in [-0.2, 0) is 0 Å². The van der Waals surface area contributed by atoms with E-state index in [0.29, 0.717) is 18.0 Å². The van der Waals surface area contributed by atoms with Crippen LogP contribution < -0.4 is 10.5 Å². The molecule has 2 N–H and O–H groups in total. The lowest BCUT2D eigenvalue weighted by atomic mass is 10.2. The van der Waals surface area contributed by atoms with Crippen molar-refractivity contribution < 1.29 is 13.9 Å². The lowest BCUT2D eigenvalue weighted by molar-refractivity contribution is 0.210. The Morgan fingerprint density at radius 2 is 1.75 bits per heavy atom. The van der Waals surface area contributed by atoms with Gasteiger partial charge in [0.2, 0.25) is 0 Å². The smallest absolute Gasteiger partial charge is 0.335 e. The van der Waals surface area contributed by atoms with Crippen molar-refractivity contribution >= 4 is 28.2 Å². The maximum absolute atomic E-state index is 12.9. The highest BCUT2D eigenvalue weighted by atomic mass is 79.9. The molecule has 0 aromatic heterocycles. The Kier molecular flexibility index (Phi) is 6.74. The van der Waals surface area contributed by atoms with Gasteiger partial charge in [-0.2, -0.15) is 5.10 Å². The maximum Gasteiger partial charge on any atom is 0.335 e. The molecule has 5 nitrogen and oxygen atoms in total. The van der Waals surface area contributed by atoms with Crippen molar-refractivity contribution in [1.82, 2.24) is 5.01 Å². The fraction of sp³-hybridized carbons (Fsp3) is 0.176. The van der Waals surface area contributed by atoms with Gasteiger partial charge in [0.25, 0.3) is 0 Å². The first kappa shape index (κ1) is 17.9. The van der Waals surface area contributed by atoms with Crippen molar-refractivity contribution in [3.05, 3.63) is 59.9 Å². The Morgan fingerprint density at radius 3 is 2.29 bits per heavy atom. The summed E-state index contributed by atoms with van der Waals surface area (Å²) in [7, 11) is 0. The third kappa shape index (κ3) is 5.66. The summed E-state index contributed by atoms with van der Waals surface area (Å²) >= 11 is 3.30. The average molecular weight is 394 g/mol. The maximum atomic E-state index is 12.9. The molecule has 0 saturated carbocycles. The number of hydrogen-bond donors (Lipinski definition) is 1. The molecule has 0 unspecified atom stereocenters. The molecule has 0 bridgehead atoms. The molecule has 2 amide bonds. The highest BCUT2D eigenvalue weighted by Crippen LogP contribution is 2.21. The first-order chi connectivity index (χ1) is 11.6. The van der Waals surface area contributed by atoms with Crippen LogP contribution in [0.1, 0.15) is 12.0 Å². The van der Waals surface area contributed by atoms with E-state index in [9.17, 15) is 9.18 Å². The minimum atomic E-state index is -0.594. The monoisotopic (exact) mass is 393 g/mol. The zero-order valence-corrected chi connectivity index (χ0v) is 14.4. The topological polar surface area (TPSA) is 67.9 Å². The van der Waals surface area contributed by atoms with Gasteiger partial charge in [-0.05, 0) is 60.5 Å². The number of carbonyl (C=O) groups excluding carboxylic acids is 1. The fourth-order valence-corrected chi connectivity index (χ4v) is 2.08. The lowest BCUT2D eigenvalue weighted by Crippen LogP contribution is -2.32. The predicted octanol–water partition coefficient (Wildman–Crippen LogP) is 4.12. The Bertz CT molecular complexity index is 690. The van der Waals surface area contributed by atoms with Crippen molar-refractivity contribution in [1.29, 1.82) is 0 Å². The Morgan fingerprint density at radius 1 is 1.17 bits per heavy atom. The Balaban J connectivity index is 1.99. The van der Waals surface area contributed by atoms with Gasteiger partial charge in [-0.15, -0.1) is 0 Å². The number of carbonyl (C=O) groups is 1. The van der Waals surface area contributed by atoms with Crippen LogP contribution in [0.4, 0.5) is 9.18 Å². The summed E-state index contributed by atoms with van der Waals surface area (Å²) in [6.07, 6.45) is 2.31. The minimum absolute atomic E-state index is 0.312. The van der Waals surface area contributed by atoms with Gasteiger partial charge in [-0.25, -0.2) is 14.2 Å². The molecule has 126 valence electrons. The molecule has 0 aliphatic heterocycles. The molecule has 0 heterocycles. The number of nitrogens with zero attached hydrogens (tertiary/aromatic N) is 2. The number of hydrazone groups is 1. The molecule has 0 spiro atoms. The molecular formula is C17H17BrFN3O2. The third-order valence-electron chi connectivity index (χ3n) is 3.03. The molecule has 0 atom stereocenters. The van der Waals surface area contributed by atoms with Crippen LogP contribution in [0.25, 0.3) is 0 Å². The molecule has 0 radical (unpaired) electrons. The number of nitrogens with two attached hydrogens (primary N) is 1. The van der Waals surface area contributed by atoms with Crippen LogP contribution in [-0.4, -0.2) is 29.1 Å². The Labute approximate surface area is 148 Å². The number of ether oxygens (including phenoxy) is 1. The van der Waals surface area contributed by atoms with E-state index in [4.69, 9.17) is 10.5 Å². The molecule has 2 aromatic carbocycles. The van der Waals surface area contributed by atoms with E-state index >= 15 is 0 Å². The molecule has 7 heteroatoms. The van der Waals surface area contributed by atoms with E-state index in [1.165, 1.54) is 17.1 Å². The van der Waals surface area contributed by atoms with Gasteiger partial charge < -0.3 is 10.5 Å². The number of rotatable bonds is 7. The van der Waals surface area contributed by atoms with E-state index in [1.807, 2.05) is 0 Å². The van der Waals surface area contributed by atoms with Crippen molar-refractivity contribution in [3.63, 3.8) is 0 Å². The summed E-state index contributed by atoms with van der Waals surface area (Å²) in [6.45, 7) is 0.447. The number of halogens is 2. The highest BCUT2D eigenvalue weighted by molar-refractivity contribution is 9.09. The molecule has 2 aromatic rings. The quantitative estimate of drug-likeness (QED) is 0.436. The molecule has 0 saturated heterocycles. The number of urea groups is 1. The molecule has 2 rings (SSSR count). The van der Waals surface area contributed by atoms with Gasteiger partial charge in [0.05, 0.1) is 6.21 Å². The average Bonchev–Trinajstić information content (AvgIpc) is 2.58. The second-order valence-electron chi connectivity index (χ2n) is 4.87. The number of amides is 2. The number of benzene rings is 2. The van der Waals surface area contributed by atoms with Crippen LogP contribution in [0.5, 0.6) is 11.5 Å². The first-order valence-corrected chi connectivity index (χ1v) is 8.41. The van der Waals surface area contributed by atoms with Crippen molar-refractivity contribution in [2.24, 2.45) is 10.8 Å². The zero-order valence-electron chi connectivity index (χ0n) is 12.9. The van der Waals surface area contributed by atoms with Crippen LogP contribution in [0.15, 0.2) is 53.6 Å². The van der Waals surface area contributed by atoms with Crippen LogP contribution in [0.2, 0.25) is 0 Å². The summed E-state index contributed by atoms with van der Waals surface area (Å²) in [6, 6.07) is 12.3. The summed E-state index contributed by atoms with van der Waals surface area (Å²) in [5.74, 6) is 0.852. The summed E-state index contributed by atoms with van der Waals surface area (Å²) in [5.41, 5.74) is 6.07. The third-order valence-corrected chi connectivity index (χ3v) is 3.59. The SMILES string of the molecule is NC(=O)N(CCCBr)N=Cc1ccc(Oc2ccc(F)cc2)cc1. The van der Waals surface area contributed by atoms with E-state index < -0.39 is 6.03 Å². The van der Waals surface area contributed by atoms with Crippen LogP contribution in [0, 0.1) is 5.82 Å². The largest absolute Gasteiger partial charge is 0.457 e. The van der Waals surface area contributed by atoms with E-state index in [-0.39, 0.29) is 5.82 Å². The summed E-state index contributed by atoms with van der Waals surface area (Å²) < 4.78 is 18.5. The van der Waals surface area contributed by atoms with Gasteiger partial charge in [0.1, 0.15) is 17.3 Å². The van der Waals surface area contributed by atoms with Gasteiger partial charge in [0.15, 0.2) is 0 Å². The molecule has 0 aliphatic carbocycles. The predicted molar refractivity (Wildman–Crippen MR) is 95.2 cm³/mol. The molecule has 0 fully saturated rings. The number of primary amides is 1. The van der Waals surface area contributed by atoms with E-state index in [0.717, 1.165) is 17.3 Å². The van der Waals surface area contributed by atoms with Gasteiger partial charge in [-0.3, -0.25) is 0 Å². The summed E-state index contributed by atoms with van der Waals surface area (Å²) in [5, 5.41) is 6.06. The van der Waals surface area contributed by atoms with Gasteiger partial charge in [-0.1, -0.05) is 15.9 Å². The van der Waals surface area contributed by atoms with E-state index in [2.05, 4.69) is 21.0 Å². The van der Waals surface area contributed by atoms with Crippen LogP contribution in [0.3, 0.4) is 0 Å². The van der Waals surface area contributed by atoms with Crippen molar-refractivity contribution in [2.45, 2.75) is 6.42 Å². The van der Waals surface area contributed by atoms with Gasteiger partial charge in [0, 0.05) is 11.9 Å². The van der Waals surface area contributed by atoms with Crippen LogP contribution >= 0.6 is 15.9 Å². The fourth-order valence-electron chi connectivity index (χ4n) is 1.83. The second-order valence-corrected chi connectivity index (χ2v) is 5.67. The first-order valence-electron chi connectivity index (χ1n) is 7.29. The van der Waals surface area contributed by atoms with Gasteiger partial charge >= 0.3 is 6.03 Å². The van der Waals surface area contributed by atoms with E-state index in [1.54, 1.807) is 42.6 Å². The number of hydrogen-bond acceptors (Lipinski definition) is 3. The minimum Gasteiger partial charge on any atom is -0.457 e. The normalized spacial score (nSPS) is 10.8.